The molecule has 2 N–H and O–H groups in total. The van der Waals surface area contributed by atoms with Gasteiger partial charge in [-0.3, -0.25) is 15.1 Å². The molecule has 7 nitrogen and oxygen atoms in total. The minimum absolute atomic E-state index is 0.0323. The zero-order valence-corrected chi connectivity index (χ0v) is 19.4. The van der Waals surface area contributed by atoms with Crippen LogP contribution in [-0.4, -0.2) is 55.5 Å². The normalized spacial score (nSPS) is 23.9. The number of hydrogen-bond acceptors (Lipinski definition) is 5. The molecule has 3 aliphatic rings. The molecule has 0 radical (unpaired) electrons. The average Bonchev–Trinajstić information content (AvgIpc) is 3.50. The van der Waals surface area contributed by atoms with Crippen LogP contribution >= 0.6 is 0 Å². The van der Waals surface area contributed by atoms with Crippen molar-refractivity contribution in [2.24, 2.45) is 4.99 Å². The van der Waals surface area contributed by atoms with Crippen molar-refractivity contribution >= 4 is 17.4 Å². The van der Waals surface area contributed by atoms with Crippen LogP contribution in [0.3, 0.4) is 0 Å². The first-order valence-electron chi connectivity index (χ1n) is 11.8. The van der Waals surface area contributed by atoms with E-state index in [2.05, 4.69) is 34.9 Å². The molecule has 7 heteroatoms. The Kier molecular flexibility index (Phi) is 5.98. The third-order valence-corrected chi connectivity index (χ3v) is 7.17. The second-order valence-electron chi connectivity index (χ2n) is 9.18. The fourth-order valence-electron chi connectivity index (χ4n) is 5.23. The molecule has 1 spiro atoms. The van der Waals surface area contributed by atoms with Crippen LogP contribution in [0.1, 0.15) is 48.0 Å². The second kappa shape index (κ2) is 9.06. The van der Waals surface area contributed by atoms with Crippen molar-refractivity contribution in [3.05, 3.63) is 53.6 Å². The number of ether oxygens (including phenoxy) is 2. The first-order chi connectivity index (χ1) is 16.1. The molecule has 1 amide bonds. The molecule has 2 aromatic carbocycles. The van der Waals surface area contributed by atoms with E-state index in [1.165, 1.54) is 18.4 Å². The number of fused-ring (bicyclic) bond motifs is 1. The summed E-state index contributed by atoms with van der Waals surface area (Å²) in [5.41, 5.74) is 2.47. The number of nitrogens with one attached hydrogen (secondary N) is 2. The van der Waals surface area contributed by atoms with E-state index in [-0.39, 0.29) is 5.91 Å². The van der Waals surface area contributed by atoms with Gasteiger partial charge in [0.1, 0.15) is 17.3 Å². The molecule has 1 atom stereocenters. The van der Waals surface area contributed by atoms with Crippen LogP contribution in [0.4, 0.5) is 5.69 Å². The van der Waals surface area contributed by atoms with Crippen molar-refractivity contribution in [1.29, 1.82) is 0 Å². The van der Waals surface area contributed by atoms with Crippen molar-refractivity contribution < 1.29 is 14.3 Å². The summed E-state index contributed by atoms with van der Waals surface area (Å²) in [7, 11) is 3.19. The van der Waals surface area contributed by atoms with E-state index in [1.807, 2.05) is 4.90 Å². The lowest BCUT2D eigenvalue weighted by molar-refractivity contribution is 0.0782. The van der Waals surface area contributed by atoms with Crippen LogP contribution in [0, 0.1) is 0 Å². The van der Waals surface area contributed by atoms with Gasteiger partial charge in [0.05, 0.1) is 31.4 Å². The van der Waals surface area contributed by atoms with E-state index >= 15 is 0 Å². The first-order valence-corrected chi connectivity index (χ1v) is 11.8. The number of anilines is 1. The third kappa shape index (κ3) is 4.17. The molecule has 2 aliphatic heterocycles. The summed E-state index contributed by atoms with van der Waals surface area (Å²) in [6.45, 7) is 1.96. The standard InChI is InChI=1S/C26H32N4O3/c1-32-20-11-12-21(23(15-20)33-2)24(31)30-14-13-26(17-30)25(28-19-8-4-5-9-19)29-22-10-6-3-7-18(22)16-27-26/h3,6-7,10-12,15,19,27H,4-5,8-9,13-14,16-17H2,1-2H3,(H,28,29). The Balaban J connectivity index is 1.44. The zero-order valence-electron chi connectivity index (χ0n) is 19.4. The van der Waals surface area contributed by atoms with Crippen LogP contribution < -0.4 is 20.1 Å². The number of carbonyl (C=O) groups excluding carboxylic acids is 1. The molecule has 0 bridgehead atoms. The summed E-state index contributed by atoms with van der Waals surface area (Å²) < 4.78 is 10.8. The van der Waals surface area contributed by atoms with Crippen molar-refractivity contribution in [1.82, 2.24) is 10.2 Å². The lowest BCUT2D eigenvalue weighted by Gasteiger charge is -2.31. The van der Waals surface area contributed by atoms with Gasteiger partial charge in [0.2, 0.25) is 0 Å². The topological polar surface area (TPSA) is 75.2 Å². The van der Waals surface area contributed by atoms with E-state index in [0.29, 0.717) is 36.2 Å². The largest absolute Gasteiger partial charge is 0.497 e. The highest BCUT2D eigenvalue weighted by atomic mass is 16.5. The Hall–Kier alpha value is -3.06. The third-order valence-electron chi connectivity index (χ3n) is 7.17. The number of amidine groups is 1. The maximum absolute atomic E-state index is 13.5. The molecule has 33 heavy (non-hydrogen) atoms. The highest BCUT2D eigenvalue weighted by Crippen LogP contribution is 2.33. The van der Waals surface area contributed by atoms with Crippen LogP contribution in [0.2, 0.25) is 0 Å². The van der Waals surface area contributed by atoms with E-state index in [9.17, 15) is 4.79 Å². The molecular formula is C26H32N4O3. The van der Waals surface area contributed by atoms with Gasteiger partial charge in [-0.2, -0.15) is 0 Å². The molecule has 2 aromatic rings. The molecule has 2 fully saturated rings. The predicted octanol–water partition coefficient (Wildman–Crippen LogP) is 3.84. The molecule has 0 aromatic heterocycles. The molecule has 1 aliphatic carbocycles. The Morgan fingerprint density at radius 1 is 1.12 bits per heavy atom. The highest BCUT2D eigenvalue weighted by Gasteiger charge is 2.46. The summed E-state index contributed by atoms with van der Waals surface area (Å²) in [6, 6.07) is 14.1. The maximum atomic E-state index is 13.5. The maximum Gasteiger partial charge on any atom is 0.257 e. The molecule has 1 saturated heterocycles. The average molecular weight is 449 g/mol. The number of para-hydroxylation sites is 1. The summed E-state index contributed by atoms with van der Waals surface area (Å²) in [4.78, 5) is 20.7. The van der Waals surface area contributed by atoms with E-state index < -0.39 is 5.54 Å². The van der Waals surface area contributed by atoms with Crippen LogP contribution in [0.15, 0.2) is 47.5 Å². The molecule has 1 saturated carbocycles. The SMILES string of the molecule is COc1ccc(C(=O)N2CCC3(C2)NCc2ccccc2NC3=NC2CCCC2)c(OC)c1. The number of hydrogen-bond donors (Lipinski definition) is 2. The Morgan fingerprint density at radius 3 is 2.73 bits per heavy atom. The van der Waals surface area contributed by atoms with E-state index in [0.717, 1.165) is 37.3 Å². The summed E-state index contributed by atoms with van der Waals surface area (Å²) in [6.07, 6.45) is 5.55. The number of aliphatic imine (C=N–C) groups is 1. The predicted molar refractivity (Wildman–Crippen MR) is 129 cm³/mol. The fourth-order valence-corrected chi connectivity index (χ4v) is 5.23. The molecule has 174 valence electrons. The van der Waals surface area contributed by atoms with Gasteiger partial charge in [-0.25, -0.2) is 0 Å². The molecule has 1 unspecified atom stereocenters. The number of likely N-dealkylation sites (tertiary alicyclic amines) is 1. The Labute approximate surface area is 195 Å². The van der Waals surface area contributed by atoms with Gasteiger partial charge < -0.3 is 19.7 Å². The molecule has 5 rings (SSSR count). The summed E-state index contributed by atoms with van der Waals surface area (Å²) >= 11 is 0. The summed E-state index contributed by atoms with van der Waals surface area (Å²) in [5, 5.41) is 7.45. The number of rotatable bonds is 4. The van der Waals surface area contributed by atoms with Gasteiger partial charge in [0.15, 0.2) is 0 Å². The first kappa shape index (κ1) is 21.8. The van der Waals surface area contributed by atoms with Crippen molar-refractivity contribution in [3.63, 3.8) is 0 Å². The minimum Gasteiger partial charge on any atom is -0.497 e. The van der Waals surface area contributed by atoms with Crippen LogP contribution in [-0.2, 0) is 6.54 Å². The van der Waals surface area contributed by atoms with Gasteiger partial charge in [-0.1, -0.05) is 31.0 Å². The van der Waals surface area contributed by atoms with Crippen molar-refractivity contribution in [3.8, 4) is 11.5 Å². The molecule has 2 heterocycles. The fraction of sp³-hybridized carbons (Fsp3) is 0.462. The highest BCUT2D eigenvalue weighted by molar-refractivity contribution is 6.05. The lowest BCUT2D eigenvalue weighted by Crippen LogP contribution is -2.55. The van der Waals surface area contributed by atoms with E-state index in [1.54, 1.807) is 32.4 Å². The van der Waals surface area contributed by atoms with Crippen molar-refractivity contribution in [2.75, 3.05) is 32.6 Å². The Morgan fingerprint density at radius 2 is 1.94 bits per heavy atom. The van der Waals surface area contributed by atoms with Crippen LogP contribution in [0.5, 0.6) is 11.5 Å². The van der Waals surface area contributed by atoms with Gasteiger partial charge in [-0.05, 0) is 43.0 Å². The van der Waals surface area contributed by atoms with Gasteiger partial charge in [-0.15, -0.1) is 0 Å². The smallest absolute Gasteiger partial charge is 0.257 e. The second-order valence-corrected chi connectivity index (χ2v) is 9.18. The van der Waals surface area contributed by atoms with Gasteiger partial charge in [0, 0.05) is 31.4 Å². The summed E-state index contributed by atoms with van der Waals surface area (Å²) in [5.74, 6) is 2.13. The monoisotopic (exact) mass is 448 g/mol. The number of nitrogens with zero attached hydrogens (tertiary/aromatic N) is 2. The van der Waals surface area contributed by atoms with Crippen molar-refractivity contribution in [2.45, 2.75) is 50.2 Å². The van der Waals surface area contributed by atoms with Gasteiger partial charge >= 0.3 is 0 Å². The number of carbonyl (C=O) groups is 1. The van der Waals surface area contributed by atoms with E-state index in [4.69, 9.17) is 14.5 Å². The minimum atomic E-state index is -0.392. The Bertz CT molecular complexity index is 1060. The lowest BCUT2D eigenvalue weighted by atomic mass is 9.96. The van der Waals surface area contributed by atoms with Gasteiger partial charge in [0.25, 0.3) is 5.91 Å². The number of amides is 1. The zero-order chi connectivity index (χ0) is 22.8. The molecular weight excluding hydrogens is 416 g/mol. The number of methoxy groups -OCH3 is 2. The van der Waals surface area contributed by atoms with Crippen LogP contribution in [0.25, 0.3) is 0 Å². The quantitative estimate of drug-likeness (QED) is 0.743. The number of benzene rings is 2.